The fourth-order valence-electron chi connectivity index (χ4n) is 2.32. The molecule has 21 heavy (non-hydrogen) atoms. The third-order valence-electron chi connectivity index (χ3n) is 3.31. The van der Waals surface area contributed by atoms with Gasteiger partial charge in [0.25, 0.3) is 0 Å². The van der Waals surface area contributed by atoms with E-state index in [1.54, 1.807) is 6.20 Å². The Hall–Kier alpha value is -2.14. The van der Waals surface area contributed by atoms with Crippen LogP contribution in [0, 0.1) is 6.92 Å². The van der Waals surface area contributed by atoms with Crippen molar-refractivity contribution >= 4 is 0 Å². The lowest BCUT2D eigenvalue weighted by atomic mass is 10.2. The second kappa shape index (κ2) is 6.54. The van der Waals surface area contributed by atoms with Gasteiger partial charge in [0.1, 0.15) is 5.82 Å². The number of para-hydroxylation sites is 1. The number of hydrogen-bond donors (Lipinski definition) is 1. The quantitative estimate of drug-likeness (QED) is 0.933. The van der Waals surface area contributed by atoms with Gasteiger partial charge in [0.05, 0.1) is 18.9 Å². The highest BCUT2D eigenvalue weighted by atomic mass is 16.5. The minimum absolute atomic E-state index is 0.702. The fraction of sp³-hybridized carbons (Fsp3) is 0.375. The second-order valence-corrected chi connectivity index (χ2v) is 4.99. The summed E-state index contributed by atoms with van der Waals surface area (Å²) in [6.07, 6.45) is 2.70. The van der Waals surface area contributed by atoms with Crippen molar-refractivity contribution in [2.24, 2.45) is 0 Å². The van der Waals surface area contributed by atoms with Crippen LogP contribution in [0.4, 0.5) is 0 Å². The molecule has 5 heteroatoms. The Morgan fingerprint density at radius 1 is 1.14 bits per heavy atom. The van der Waals surface area contributed by atoms with E-state index in [1.165, 1.54) is 0 Å². The molecule has 0 fully saturated rings. The van der Waals surface area contributed by atoms with E-state index in [0.717, 1.165) is 41.5 Å². The Morgan fingerprint density at radius 3 is 2.95 bits per heavy atom. The van der Waals surface area contributed by atoms with E-state index < -0.39 is 0 Å². The van der Waals surface area contributed by atoms with E-state index >= 15 is 0 Å². The summed E-state index contributed by atoms with van der Waals surface area (Å²) in [5.41, 5.74) is 2.10. The van der Waals surface area contributed by atoms with E-state index in [-0.39, 0.29) is 0 Å². The molecule has 2 aromatic rings. The van der Waals surface area contributed by atoms with Crippen LogP contribution in [0.2, 0.25) is 0 Å². The van der Waals surface area contributed by atoms with Crippen LogP contribution < -0.4 is 14.8 Å². The third kappa shape index (κ3) is 3.49. The Labute approximate surface area is 124 Å². The molecule has 1 aromatic carbocycles. The largest absolute Gasteiger partial charge is 0.490 e. The van der Waals surface area contributed by atoms with Gasteiger partial charge in [-0.15, -0.1) is 0 Å². The van der Waals surface area contributed by atoms with E-state index in [4.69, 9.17) is 9.47 Å². The summed E-state index contributed by atoms with van der Waals surface area (Å²) in [4.78, 5) is 8.48. The summed E-state index contributed by atoms with van der Waals surface area (Å²) in [6.45, 7) is 4.73. The van der Waals surface area contributed by atoms with Gasteiger partial charge in [-0.1, -0.05) is 12.1 Å². The van der Waals surface area contributed by atoms with Crippen LogP contribution in [-0.2, 0) is 13.1 Å². The highest BCUT2D eigenvalue weighted by Crippen LogP contribution is 2.33. The number of rotatable bonds is 4. The Balaban J connectivity index is 1.65. The third-order valence-corrected chi connectivity index (χ3v) is 3.31. The first kappa shape index (κ1) is 13.8. The molecule has 0 spiro atoms. The van der Waals surface area contributed by atoms with E-state index in [1.807, 2.05) is 25.1 Å². The molecule has 110 valence electrons. The predicted molar refractivity (Wildman–Crippen MR) is 79.4 cm³/mol. The minimum atomic E-state index is 0.702. The molecule has 0 amide bonds. The van der Waals surface area contributed by atoms with Crippen molar-refractivity contribution in [3.63, 3.8) is 0 Å². The molecular weight excluding hydrogens is 266 g/mol. The van der Waals surface area contributed by atoms with Gasteiger partial charge in [0.15, 0.2) is 11.5 Å². The molecule has 1 aromatic heterocycles. The van der Waals surface area contributed by atoms with E-state index in [0.29, 0.717) is 19.8 Å². The van der Waals surface area contributed by atoms with Crippen molar-refractivity contribution in [2.45, 2.75) is 26.4 Å². The Morgan fingerprint density at radius 2 is 2.05 bits per heavy atom. The molecule has 5 nitrogen and oxygen atoms in total. The summed E-state index contributed by atoms with van der Waals surface area (Å²) in [6, 6.07) is 7.94. The molecule has 0 bridgehead atoms. The van der Waals surface area contributed by atoms with Gasteiger partial charge in [-0.05, 0) is 19.1 Å². The van der Waals surface area contributed by atoms with Crippen LogP contribution in [0.25, 0.3) is 0 Å². The molecule has 2 heterocycles. The second-order valence-electron chi connectivity index (χ2n) is 4.99. The smallest absolute Gasteiger partial charge is 0.165 e. The van der Waals surface area contributed by atoms with Gasteiger partial charge < -0.3 is 14.8 Å². The molecule has 1 N–H and O–H groups in total. The lowest BCUT2D eigenvalue weighted by molar-refractivity contribution is 0.296. The zero-order chi connectivity index (χ0) is 14.5. The van der Waals surface area contributed by atoms with Gasteiger partial charge in [-0.25, -0.2) is 9.97 Å². The summed E-state index contributed by atoms with van der Waals surface area (Å²) >= 11 is 0. The van der Waals surface area contributed by atoms with Crippen molar-refractivity contribution in [2.75, 3.05) is 13.2 Å². The van der Waals surface area contributed by atoms with Crippen molar-refractivity contribution in [1.29, 1.82) is 0 Å². The van der Waals surface area contributed by atoms with E-state index in [2.05, 4.69) is 21.4 Å². The fourth-order valence-corrected chi connectivity index (χ4v) is 2.32. The molecular formula is C16H19N3O2. The molecule has 1 aliphatic rings. The van der Waals surface area contributed by atoms with Crippen LogP contribution >= 0.6 is 0 Å². The molecule has 0 unspecified atom stereocenters. The lowest BCUT2D eigenvalue weighted by Gasteiger charge is -2.13. The zero-order valence-corrected chi connectivity index (χ0v) is 12.1. The number of fused-ring (bicyclic) bond motifs is 1. The van der Waals surface area contributed by atoms with Crippen molar-refractivity contribution < 1.29 is 9.47 Å². The zero-order valence-electron chi connectivity index (χ0n) is 12.1. The molecule has 0 aliphatic carbocycles. The van der Waals surface area contributed by atoms with Gasteiger partial charge in [0, 0.05) is 31.3 Å². The standard InChI is InChI=1S/C16H19N3O2/c1-12-18-7-6-14(19-12)11-17-10-13-4-2-5-15-16(13)21-9-3-8-20-15/h2,4-7,17H,3,8-11H2,1H3. The van der Waals surface area contributed by atoms with Crippen LogP contribution in [0.5, 0.6) is 11.5 Å². The lowest BCUT2D eigenvalue weighted by Crippen LogP contribution is -2.15. The summed E-state index contributed by atoms with van der Waals surface area (Å²) in [5.74, 6) is 2.49. The number of benzene rings is 1. The first-order valence-corrected chi connectivity index (χ1v) is 7.19. The monoisotopic (exact) mass is 285 g/mol. The number of aryl methyl sites for hydroxylation is 1. The average Bonchev–Trinajstić information content (AvgIpc) is 2.73. The van der Waals surface area contributed by atoms with Crippen molar-refractivity contribution in [1.82, 2.24) is 15.3 Å². The minimum Gasteiger partial charge on any atom is -0.490 e. The predicted octanol–water partition coefficient (Wildman–Crippen LogP) is 2.24. The molecule has 0 atom stereocenters. The number of nitrogens with zero attached hydrogens (tertiary/aromatic N) is 2. The number of aromatic nitrogens is 2. The van der Waals surface area contributed by atoms with Gasteiger partial charge in [-0.3, -0.25) is 0 Å². The maximum atomic E-state index is 5.81. The number of hydrogen-bond acceptors (Lipinski definition) is 5. The Kier molecular flexibility index (Phi) is 4.31. The van der Waals surface area contributed by atoms with Crippen molar-refractivity contribution in [3.05, 3.63) is 47.5 Å². The highest BCUT2D eigenvalue weighted by molar-refractivity contribution is 5.47. The van der Waals surface area contributed by atoms with Crippen LogP contribution in [-0.4, -0.2) is 23.2 Å². The summed E-state index contributed by atoms with van der Waals surface area (Å²) < 4.78 is 11.5. The summed E-state index contributed by atoms with van der Waals surface area (Å²) in [7, 11) is 0. The van der Waals surface area contributed by atoms with Crippen LogP contribution in [0.1, 0.15) is 23.5 Å². The van der Waals surface area contributed by atoms with E-state index in [9.17, 15) is 0 Å². The maximum absolute atomic E-state index is 5.81. The molecule has 0 saturated carbocycles. The first-order chi connectivity index (χ1) is 10.3. The SMILES string of the molecule is Cc1nccc(CNCc2cccc3c2OCCCO3)n1. The topological polar surface area (TPSA) is 56.3 Å². The molecule has 0 saturated heterocycles. The Bertz CT molecular complexity index is 616. The number of nitrogens with one attached hydrogen (secondary N) is 1. The van der Waals surface area contributed by atoms with Gasteiger partial charge in [-0.2, -0.15) is 0 Å². The number of ether oxygens (including phenoxy) is 2. The molecule has 1 aliphatic heterocycles. The first-order valence-electron chi connectivity index (χ1n) is 7.19. The normalized spacial score (nSPS) is 13.8. The van der Waals surface area contributed by atoms with Crippen LogP contribution in [0.3, 0.4) is 0 Å². The molecule has 3 rings (SSSR count). The maximum Gasteiger partial charge on any atom is 0.165 e. The molecule has 0 radical (unpaired) electrons. The summed E-state index contributed by atoms with van der Waals surface area (Å²) in [5, 5.41) is 3.39. The van der Waals surface area contributed by atoms with Crippen LogP contribution in [0.15, 0.2) is 30.5 Å². The van der Waals surface area contributed by atoms with Crippen molar-refractivity contribution in [3.8, 4) is 11.5 Å². The highest BCUT2D eigenvalue weighted by Gasteiger charge is 2.13. The average molecular weight is 285 g/mol. The van der Waals surface area contributed by atoms with Gasteiger partial charge in [0.2, 0.25) is 0 Å². The van der Waals surface area contributed by atoms with Gasteiger partial charge >= 0.3 is 0 Å².